The third-order valence-corrected chi connectivity index (χ3v) is 3.85. The van der Waals surface area contributed by atoms with Crippen LogP contribution >= 0.6 is 22.7 Å². The van der Waals surface area contributed by atoms with E-state index in [1.807, 2.05) is 17.5 Å². The van der Waals surface area contributed by atoms with Gasteiger partial charge in [0.15, 0.2) is 5.69 Å². The first-order valence-corrected chi connectivity index (χ1v) is 6.66. The van der Waals surface area contributed by atoms with Crippen LogP contribution in [0.5, 0.6) is 0 Å². The molecule has 3 heterocycles. The smallest absolute Gasteiger partial charge is 0.358 e. The molecule has 0 aliphatic rings. The molecule has 0 unspecified atom stereocenters. The van der Waals surface area contributed by atoms with E-state index in [1.165, 1.54) is 27.4 Å². The summed E-state index contributed by atoms with van der Waals surface area (Å²) >= 11 is 2.81. The van der Waals surface area contributed by atoms with E-state index in [1.54, 1.807) is 11.6 Å². The predicted octanol–water partition coefficient (Wildman–Crippen LogP) is 2.15. The van der Waals surface area contributed by atoms with Crippen molar-refractivity contribution in [2.75, 3.05) is 0 Å². The zero-order chi connectivity index (χ0) is 12.5. The van der Waals surface area contributed by atoms with Gasteiger partial charge in [-0.15, -0.1) is 27.8 Å². The van der Waals surface area contributed by atoms with Crippen molar-refractivity contribution in [3.63, 3.8) is 0 Å². The molecule has 0 saturated heterocycles. The Bertz CT molecular complexity index is 673. The summed E-state index contributed by atoms with van der Waals surface area (Å²) in [6.45, 7) is 0. The van der Waals surface area contributed by atoms with Gasteiger partial charge in [0.05, 0.1) is 4.88 Å². The molecule has 0 fully saturated rings. The lowest BCUT2D eigenvalue weighted by atomic mass is 10.3. The fourth-order valence-corrected chi connectivity index (χ4v) is 2.86. The molecule has 0 saturated carbocycles. The van der Waals surface area contributed by atoms with Gasteiger partial charge >= 0.3 is 5.97 Å². The second-order valence-electron chi connectivity index (χ2n) is 3.30. The number of aromatic carboxylic acids is 1. The summed E-state index contributed by atoms with van der Waals surface area (Å²) in [5.74, 6) is -1.10. The van der Waals surface area contributed by atoms with Crippen LogP contribution < -0.4 is 0 Å². The van der Waals surface area contributed by atoms with Crippen LogP contribution in [0.4, 0.5) is 0 Å². The van der Waals surface area contributed by atoms with Crippen LogP contribution in [-0.4, -0.2) is 31.1 Å². The molecular weight excluding hydrogens is 272 g/mol. The van der Waals surface area contributed by atoms with Crippen LogP contribution in [0, 0.1) is 0 Å². The fraction of sp³-hybridized carbons (Fsp3) is 0. The third-order valence-electron chi connectivity index (χ3n) is 2.23. The fourth-order valence-electron chi connectivity index (χ4n) is 1.51. The number of carboxylic acid groups (broad SMARTS) is 1. The molecule has 18 heavy (non-hydrogen) atoms. The van der Waals surface area contributed by atoms with Crippen LogP contribution in [-0.2, 0) is 0 Å². The van der Waals surface area contributed by atoms with Crippen molar-refractivity contribution >= 4 is 28.6 Å². The highest BCUT2D eigenvalue weighted by Crippen LogP contribution is 2.29. The molecule has 3 rings (SSSR count). The molecule has 0 bridgehead atoms. The third kappa shape index (κ3) is 1.71. The molecule has 90 valence electrons. The Morgan fingerprint density at radius 1 is 1.33 bits per heavy atom. The first kappa shape index (κ1) is 11.1. The Kier molecular flexibility index (Phi) is 2.65. The van der Waals surface area contributed by atoms with E-state index in [0.29, 0.717) is 10.8 Å². The minimum absolute atomic E-state index is 0.0624. The van der Waals surface area contributed by atoms with Crippen LogP contribution in [0.2, 0.25) is 0 Å². The number of nitrogens with zero attached hydrogens (tertiary/aromatic N) is 4. The standard InChI is InChI=1S/C10H6N4O2S2/c15-9(16)7-8(6-2-1-4-17-6)14(13-12-7)10-11-3-5-18-10/h1-5H,(H,15,16). The van der Waals surface area contributed by atoms with E-state index in [-0.39, 0.29) is 5.69 Å². The van der Waals surface area contributed by atoms with Gasteiger partial charge in [-0.2, -0.15) is 4.68 Å². The number of hydrogen-bond acceptors (Lipinski definition) is 6. The Morgan fingerprint density at radius 3 is 2.83 bits per heavy atom. The van der Waals surface area contributed by atoms with Crippen molar-refractivity contribution in [2.45, 2.75) is 0 Å². The Hall–Kier alpha value is -2.06. The van der Waals surface area contributed by atoms with Gasteiger partial charge in [0.1, 0.15) is 5.69 Å². The number of carboxylic acids is 1. The zero-order valence-corrected chi connectivity index (χ0v) is 10.5. The van der Waals surface area contributed by atoms with Gasteiger partial charge < -0.3 is 5.11 Å². The SMILES string of the molecule is O=C(O)c1nnn(-c2nccs2)c1-c1cccs1. The van der Waals surface area contributed by atoms with E-state index in [2.05, 4.69) is 15.3 Å². The number of aromatic nitrogens is 4. The molecule has 0 aliphatic carbocycles. The van der Waals surface area contributed by atoms with Gasteiger partial charge in [-0.1, -0.05) is 11.3 Å². The van der Waals surface area contributed by atoms with E-state index < -0.39 is 5.97 Å². The van der Waals surface area contributed by atoms with Gasteiger partial charge in [-0.05, 0) is 11.4 Å². The van der Waals surface area contributed by atoms with Crippen molar-refractivity contribution in [2.24, 2.45) is 0 Å². The van der Waals surface area contributed by atoms with E-state index >= 15 is 0 Å². The lowest BCUT2D eigenvalue weighted by Gasteiger charge is -2.00. The summed E-state index contributed by atoms with van der Waals surface area (Å²) in [6, 6.07) is 3.69. The van der Waals surface area contributed by atoms with Gasteiger partial charge in [0.25, 0.3) is 0 Å². The van der Waals surface area contributed by atoms with Gasteiger partial charge in [-0.3, -0.25) is 0 Å². The molecule has 3 aromatic rings. The highest BCUT2D eigenvalue weighted by atomic mass is 32.1. The molecule has 0 amide bonds. The van der Waals surface area contributed by atoms with Crippen molar-refractivity contribution in [3.05, 3.63) is 34.8 Å². The van der Waals surface area contributed by atoms with Crippen LogP contribution in [0.15, 0.2) is 29.1 Å². The largest absolute Gasteiger partial charge is 0.476 e. The van der Waals surface area contributed by atoms with Gasteiger partial charge in [0.2, 0.25) is 5.13 Å². The second kappa shape index (κ2) is 4.31. The summed E-state index contributed by atoms with van der Waals surface area (Å²) in [6.07, 6.45) is 1.64. The highest BCUT2D eigenvalue weighted by Gasteiger charge is 2.22. The average Bonchev–Trinajstić information content (AvgIpc) is 3.10. The molecule has 6 nitrogen and oxygen atoms in total. The molecule has 3 aromatic heterocycles. The quantitative estimate of drug-likeness (QED) is 0.794. The number of thiazole rings is 1. The first-order valence-electron chi connectivity index (χ1n) is 4.90. The summed E-state index contributed by atoms with van der Waals surface area (Å²) in [4.78, 5) is 16.1. The number of hydrogen-bond donors (Lipinski definition) is 1. The summed E-state index contributed by atoms with van der Waals surface area (Å²) < 4.78 is 1.46. The minimum atomic E-state index is -1.10. The highest BCUT2D eigenvalue weighted by molar-refractivity contribution is 7.13. The second-order valence-corrected chi connectivity index (χ2v) is 5.12. The van der Waals surface area contributed by atoms with Crippen molar-refractivity contribution < 1.29 is 9.90 Å². The van der Waals surface area contributed by atoms with Gasteiger partial charge in [0, 0.05) is 11.6 Å². The molecule has 1 N–H and O–H groups in total. The topological polar surface area (TPSA) is 80.9 Å². The maximum absolute atomic E-state index is 11.2. The van der Waals surface area contributed by atoms with Crippen LogP contribution in [0.25, 0.3) is 15.7 Å². The van der Waals surface area contributed by atoms with E-state index in [4.69, 9.17) is 5.11 Å². The van der Waals surface area contributed by atoms with Crippen molar-refractivity contribution in [1.82, 2.24) is 20.0 Å². The molecule has 0 aliphatic heterocycles. The van der Waals surface area contributed by atoms with Crippen molar-refractivity contribution in [1.29, 1.82) is 0 Å². The first-order chi connectivity index (χ1) is 8.77. The number of thiophene rings is 1. The average molecular weight is 278 g/mol. The maximum atomic E-state index is 11.2. The van der Waals surface area contributed by atoms with Crippen molar-refractivity contribution in [3.8, 4) is 15.7 Å². The summed E-state index contributed by atoms with van der Waals surface area (Å²) in [5.41, 5.74) is 0.403. The molecular formula is C10H6N4O2S2. The number of carbonyl (C=O) groups is 1. The van der Waals surface area contributed by atoms with Crippen LogP contribution in [0.3, 0.4) is 0 Å². The van der Waals surface area contributed by atoms with E-state index in [9.17, 15) is 4.79 Å². The molecule has 0 spiro atoms. The Morgan fingerprint density at radius 2 is 2.22 bits per heavy atom. The number of rotatable bonds is 3. The Labute approximate surface area is 109 Å². The lowest BCUT2D eigenvalue weighted by molar-refractivity contribution is 0.0691. The summed E-state index contributed by atoms with van der Waals surface area (Å²) in [7, 11) is 0. The predicted molar refractivity (Wildman–Crippen MR) is 67.3 cm³/mol. The minimum Gasteiger partial charge on any atom is -0.476 e. The molecule has 0 radical (unpaired) electrons. The summed E-state index contributed by atoms with van der Waals surface area (Å²) in [5, 5.41) is 21.0. The lowest BCUT2D eigenvalue weighted by Crippen LogP contribution is -2.01. The van der Waals surface area contributed by atoms with Gasteiger partial charge in [-0.25, -0.2) is 9.78 Å². The monoisotopic (exact) mass is 278 g/mol. The molecule has 8 heteroatoms. The van der Waals surface area contributed by atoms with E-state index in [0.717, 1.165) is 4.88 Å². The molecule has 0 atom stereocenters. The molecule has 0 aromatic carbocycles. The Balaban J connectivity index is 2.25. The normalized spacial score (nSPS) is 10.7. The maximum Gasteiger partial charge on any atom is 0.358 e. The van der Waals surface area contributed by atoms with Crippen LogP contribution in [0.1, 0.15) is 10.5 Å². The zero-order valence-electron chi connectivity index (χ0n) is 8.85.